The Hall–Kier alpha value is -1.17. The first kappa shape index (κ1) is 12.5. The summed E-state index contributed by atoms with van der Waals surface area (Å²) in [5.41, 5.74) is 5.16. The van der Waals surface area contributed by atoms with Crippen LogP contribution >= 0.6 is 0 Å². The molecule has 0 radical (unpaired) electrons. The third-order valence-electron chi connectivity index (χ3n) is 1.00. The molecule has 0 saturated carbocycles. The zero-order chi connectivity index (χ0) is 9.44. The summed E-state index contributed by atoms with van der Waals surface area (Å²) in [5.74, 6) is -0.910. The lowest BCUT2D eigenvalue weighted by atomic mass is 10.1. The van der Waals surface area contributed by atoms with E-state index in [1.54, 1.807) is 13.8 Å². The molecule has 11 heavy (non-hydrogen) atoms. The minimum atomic E-state index is -0.931. The van der Waals surface area contributed by atoms with Crippen LogP contribution in [0.5, 0.6) is 0 Å². The Morgan fingerprint density at radius 2 is 1.82 bits per heavy atom. The minimum absolute atomic E-state index is 0.0208. The third-order valence-corrected chi connectivity index (χ3v) is 1.00. The zero-order valence-electron chi connectivity index (χ0n) is 6.39. The molecule has 0 unspecified atom stereocenters. The van der Waals surface area contributed by atoms with Gasteiger partial charge in [0.15, 0.2) is 5.34 Å². The van der Waals surface area contributed by atoms with Crippen LogP contribution in [0, 0.1) is 10.8 Å². The summed E-state index contributed by atoms with van der Waals surface area (Å²) in [7, 11) is 0. The lowest BCUT2D eigenvalue weighted by Gasteiger charge is -2.07. The van der Waals surface area contributed by atoms with E-state index in [4.69, 9.17) is 21.0 Å². The van der Waals surface area contributed by atoms with Gasteiger partial charge in [-0.15, -0.1) is 4.91 Å². The lowest BCUT2D eigenvalue weighted by Crippen LogP contribution is -2.34. The Kier molecular flexibility index (Phi) is 7.89. The maximum atomic E-state index is 10.0. The molecule has 66 valence electrons. The number of nitrogens with zero attached hydrogens (tertiary/aromatic N) is 1. The maximum Gasteiger partial charge on any atom is 0.320 e. The first-order chi connectivity index (χ1) is 4.97. The van der Waals surface area contributed by atoms with E-state index in [9.17, 15) is 4.79 Å². The molecule has 0 amide bonds. The van der Waals surface area contributed by atoms with Gasteiger partial charge in [0, 0.05) is 0 Å². The number of hydrogen-bond acceptors (Lipinski definition) is 4. The van der Waals surface area contributed by atoms with Crippen LogP contribution in [0.1, 0.15) is 13.8 Å². The van der Waals surface area contributed by atoms with Crippen LogP contribution in [0.25, 0.3) is 0 Å². The summed E-state index contributed by atoms with van der Waals surface area (Å²) >= 11 is 0. The highest BCUT2D eigenvalue weighted by Gasteiger charge is 2.14. The van der Waals surface area contributed by atoms with E-state index >= 15 is 0 Å². The van der Waals surface area contributed by atoms with E-state index in [2.05, 4.69) is 0 Å². The molecule has 0 aromatic heterocycles. The quantitative estimate of drug-likeness (QED) is 0.398. The highest BCUT2D eigenvalue weighted by molar-refractivity contribution is 5.73. The topological polar surface area (TPSA) is 113 Å². The molecule has 0 heterocycles. The number of rotatable bonds is 2. The smallest absolute Gasteiger partial charge is 0.320 e. The second kappa shape index (κ2) is 6.94. The van der Waals surface area contributed by atoms with Crippen LogP contribution in [-0.2, 0) is 4.79 Å². The molecule has 0 spiro atoms. The molecule has 0 aromatic carbocycles. The van der Waals surface area contributed by atoms with Gasteiger partial charge in [-0.2, -0.15) is 0 Å². The van der Waals surface area contributed by atoms with Crippen molar-refractivity contribution in [3.63, 3.8) is 0 Å². The van der Waals surface area contributed by atoms with Crippen molar-refractivity contribution < 1.29 is 15.1 Å². The molecule has 0 saturated heterocycles. The van der Waals surface area contributed by atoms with E-state index in [1.807, 2.05) is 0 Å². The van der Waals surface area contributed by atoms with Gasteiger partial charge in [-0.3, -0.25) is 4.79 Å². The lowest BCUT2D eigenvalue weighted by molar-refractivity contribution is -0.139. The molecule has 0 aliphatic carbocycles. The fourth-order valence-corrected chi connectivity index (χ4v) is 0.285. The summed E-state index contributed by atoms with van der Waals surface area (Å²) < 4.78 is 0. The van der Waals surface area contributed by atoms with Crippen molar-refractivity contribution in [3.8, 4) is 0 Å². The van der Waals surface area contributed by atoms with Crippen molar-refractivity contribution in [1.29, 1.82) is 0 Å². The molecule has 0 aromatic rings. The number of aliphatic carboxylic acids is 1. The van der Waals surface area contributed by atoms with Crippen molar-refractivity contribution in [1.82, 2.24) is 0 Å². The van der Waals surface area contributed by atoms with E-state index in [-0.39, 0.29) is 5.92 Å². The van der Waals surface area contributed by atoms with Gasteiger partial charge in [-0.05, 0) is 5.92 Å². The number of carboxylic acids is 1. The number of nitrogens with two attached hydrogens (primary N) is 1. The molecular weight excluding hydrogens is 152 g/mol. The fraction of sp³-hybridized carbons (Fsp3) is 0.800. The van der Waals surface area contributed by atoms with Crippen molar-refractivity contribution in [2.24, 2.45) is 17.0 Å². The Labute approximate surface area is 63.9 Å². The molecule has 0 rings (SSSR count). The van der Waals surface area contributed by atoms with Gasteiger partial charge in [-0.1, -0.05) is 13.8 Å². The van der Waals surface area contributed by atoms with Crippen molar-refractivity contribution in [2.75, 3.05) is 0 Å². The number of carboxylic acid groups (broad SMARTS) is 1. The number of carbonyl (C=O) groups is 1. The van der Waals surface area contributed by atoms with Crippen LogP contribution in [-0.4, -0.2) is 22.3 Å². The van der Waals surface area contributed by atoms with Crippen LogP contribution in [0.3, 0.4) is 0 Å². The molecule has 6 nitrogen and oxygen atoms in total. The molecule has 4 N–H and O–H groups in total. The van der Waals surface area contributed by atoms with Crippen LogP contribution in [0.4, 0.5) is 0 Å². The van der Waals surface area contributed by atoms with Gasteiger partial charge in [0.05, 0.1) is 0 Å². The van der Waals surface area contributed by atoms with Gasteiger partial charge < -0.3 is 16.0 Å². The molecular formula is C5H12N2O4. The third kappa shape index (κ3) is 8.83. The average molecular weight is 164 g/mol. The van der Waals surface area contributed by atoms with Gasteiger partial charge in [0.1, 0.15) is 6.04 Å². The summed E-state index contributed by atoms with van der Waals surface area (Å²) in [6, 6.07) is -0.713. The Morgan fingerprint density at radius 3 is 1.82 bits per heavy atom. The molecule has 0 aliphatic heterocycles. The van der Waals surface area contributed by atoms with Crippen molar-refractivity contribution in [3.05, 3.63) is 4.91 Å². The maximum absolute atomic E-state index is 10.0. The molecule has 0 bridgehead atoms. The van der Waals surface area contributed by atoms with Crippen LogP contribution < -0.4 is 5.73 Å². The van der Waals surface area contributed by atoms with E-state index in [0.717, 1.165) is 0 Å². The molecule has 0 fully saturated rings. The SMILES string of the molecule is CC(C)[C@H](N)C(=O)O.O=NO. The van der Waals surface area contributed by atoms with Crippen LogP contribution in [0.2, 0.25) is 0 Å². The molecule has 1 atom stereocenters. The van der Waals surface area contributed by atoms with Gasteiger partial charge in [0.2, 0.25) is 0 Å². The number of hydrogen-bond donors (Lipinski definition) is 3. The molecule has 6 heteroatoms. The normalized spacial score (nSPS) is 11.3. The monoisotopic (exact) mass is 164 g/mol. The van der Waals surface area contributed by atoms with Gasteiger partial charge in [0.25, 0.3) is 0 Å². The standard InChI is InChI=1S/C5H11NO2.HNO2/c1-3(2)4(6)5(7)8;2-1-3/h3-4H,6H2,1-2H3,(H,7,8);(H,2,3)/t4-;/m0./s1. The average Bonchev–Trinajstić information content (AvgIpc) is 1.87. The van der Waals surface area contributed by atoms with Gasteiger partial charge >= 0.3 is 5.97 Å². The predicted octanol–water partition coefficient (Wildman–Crippen LogP) is 0.196. The second-order valence-corrected chi connectivity index (χ2v) is 2.19. The Balaban J connectivity index is 0. The minimum Gasteiger partial charge on any atom is -0.480 e. The summed E-state index contributed by atoms with van der Waals surface area (Å²) in [4.78, 5) is 18.1. The second-order valence-electron chi connectivity index (χ2n) is 2.19. The molecule has 0 aliphatic rings. The Morgan fingerprint density at radius 1 is 1.55 bits per heavy atom. The fourth-order valence-electron chi connectivity index (χ4n) is 0.285. The highest BCUT2D eigenvalue weighted by atomic mass is 16.6. The van der Waals surface area contributed by atoms with Crippen molar-refractivity contribution >= 4 is 5.97 Å². The summed E-state index contributed by atoms with van der Waals surface area (Å²) in [5, 5.41) is 16.1. The summed E-state index contributed by atoms with van der Waals surface area (Å²) in [6.07, 6.45) is 0. The van der Waals surface area contributed by atoms with E-state index < -0.39 is 12.0 Å². The van der Waals surface area contributed by atoms with Crippen LogP contribution in [0.15, 0.2) is 5.34 Å². The highest BCUT2D eigenvalue weighted by Crippen LogP contribution is 1.96. The Bertz CT molecular complexity index is 126. The first-order valence-electron chi connectivity index (χ1n) is 2.92. The largest absolute Gasteiger partial charge is 0.480 e. The predicted molar refractivity (Wildman–Crippen MR) is 38.0 cm³/mol. The van der Waals surface area contributed by atoms with Crippen molar-refractivity contribution in [2.45, 2.75) is 19.9 Å². The first-order valence-corrected chi connectivity index (χ1v) is 2.92. The summed E-state index contributed by atoms with van der Waals surface area (Å²) in [6.45, 7) is 3.55. The van der Waals surface area contributed by atoms with E-state index in [0.29, 0.717) is 0 Å². The van der Waals surface area contributed by atoms with E-state index in [1.165, 1.54) is 5.34 Å². The zero-order valence-corrected chi connectivity index (χ0v) is 6.39. The van der Waals surface area contributed by atoms with Gasteiger partial charge in [-0.25, -0.2) is 0 Å².